The van der Waals surface area contributed by atoms with Gasteiger partial charge in [0.25, 0.3) is 0 Å². The SMILES string of the molecule is COC(c1noc(CCOC2CCNCC2)n1)C1CC1. The van der Waals surface area contributed by atoms with Crippen molar-refractivity contribution in [2.45, 2.75) is 44.3 Å². The number of ether oxygens (including phenoxy) is 2. The van der Waals surface area contributed by atoms with E-state index in [1.165, 1.54) is 12.8 Å². The lowest BCUT2D eigenvalue weighted by molar-refractivity contribution is 0.0322. The Labute approximate surface area is 119 Å². The molecule has 0 amide bonds. The van der Waals surface area contributed by atoms with E-state index in [-0.39, 0.29) is 6.10 Å². The van der Waals surface area contributed by atoms with E-state index < -0.39 is 0 Å². The van der Waals surface area contributed by atoms with E-state index in [0.717, 1.165) is 25.9 Å². The number of piperidine rings is 1. The van der Waals surface area contributed by atoms with Crippen molar-refractivity contribution in [2.24, 2.45) is 5.92 Å². The molecule has 20 heavy (non-hydrogen) atoms. The van der Waals surface area contributed by atoms with E-state index >= 15 is 0 Å². The Morgan fingerprint density at radius 1 is 1.30 bits per heavy atom. The molecule has 0 radical (unpaired) electrons. The minimum absolute atomic E-state index is 0.00200. The highest BCUT2D eigenvalue weighted by atomic mass is 16.5. The van der Waals surface area contributed by atoms with Crippen LogP contribution in [0.4, 0.5) is 0 Å². The number of hydrogen-bond acceptors (Lipinski definition) is 6. The molecule has 1 saturated carbocycles. The van der Waals surface area contributed by atoms with E-state index in [0.29, 0.717) is 36.8 Å². The standard InChI is InChI=1S/C14H23N3O3/c1-18-13(10-2-3-10)14-16-12(20-17-14)6-9-19-11-4-7-15-8-5-11/h10-11,13,15H,2-9H2,1H3. The minimum Gasteiger partial charge on any atom is -0.378 e. The third-order valence-corrected chi connectivity index (χ3v) is 4.00. The number of hydrogen-bond donors (Lipinski definition) is 1. The summed E-state index contributed by atoms with van der Waals surface area (Å²) in [6.45, 7) is 2.74. The van der Waals surface area contributed by atoms with Crippen molar-refractivity contribution in [2.75, 3.05) is 26.8 Å². The molecule has 3 rings (SSSR count). The van der Waals surface area contributed by atoms with Gasteiger partial charge in [-0.25, -0.2) is 0 Å². The lowest BCUT2D eigenvalue weighted by Gasteiger charge is -2.22. The summed E-state index contributed by atoms with van der Waals surface area (Å²) in [4.78, 5) is 4.43. The summed E-state index contributed by atoms with van der Waals surface area (Å²) in [6.07, 6.45) is 5.61. The van der Waals surface area contributed by atoms with Crippen LogP contribution in [0.5, 0.6) is 0 Å². The van der Waals surface area contributed by atoms with Crippen LogP contribution < -0.4 is 5.32 Å². The molecule has 0 spiro atoms. The van der Waals surface area contributed by atoms with E-state index in [2.05, 4.69) is 15.5 Å². The van der Waals surface area contributed by atoms with Crippen molar-refractivity contribution in [3.8, 4) is 0 Å². The highest BCUT2D eigenvalue weighted by molar-refractivity contribution is 4.98. The first-order valence-corrected chi connectivity index (χ1v) is 7.54. The van der Waals surface area contributed by atoms with Crippen LogP contribution in [0.25, 0.3) is 0 Å². The van der Waals surface area contributed by atoms with Crippen molar-refractivity contribution < 1.29 is 14.0 Å². The van der Waals surface area contributed by atoms with Crippen molar-refractivity contribution in [1.29, 1.82) is 0 Å². The molecule has 1 aromatic heterocycles. The lowest BCUT2D eigenvalue weighted by Crippen LogP contribution is -2.32. The van der Waals surface area contributed by atoms with E-state index in [9.17, 15) is 0 Å². The van der Waals surface area contributed by atoms with Crippen LogP contribution >= 0.6 is 0 Å². The number of rotatable bonds is 7. The normalized spacial score (nSPS) is 22.1. The Balaban J connectivity index is 1.44. The second kappa shape index (κ2) is 6.65. The number of nitrogens with one attached hydrogen (secondary N) is 1. The fourth-order valence-electron chi connectivity index (χ4n) is 2.67. The molecule has 1 aliphatic carbocycles. The fraction of sp³-hybridized carbons (Fsp3) is 0.857. The molecule has 1 atom stereocenters. The molecule has 2 heterocycles. The molecular weight excluding hydrogens is 258 g/mol. The van der Waals surface area contributed by atoms with Gasteiger partial charge >= 0.3 is 0 Å². The molecule has 2 aliphatic rings. The maximum Gasteiger partial charge on any atom is 0.229 e. The van der Waals surface area contributed by atoms with Crippen LogP contribution in [0.3, 0.4) is 0 Å². The van der Waals surface area contributed by atoms with Crippen LogP contribution in [0.1, 0.15) is 43.5 Å². The molecule has 1 aromatic rings. The average Bonchev–Trinajstić information content (AvgIpc) is 3.21. The van der Waals surface area contributed by atoms with Gasteiger partial charge in [0.15, 0.2) is 0 Å². The smallest absolute Gasteiger partial charge is 0.229 e. The molecule has 1 unspecified atom stereocenters. The van der Waals surface area contributed by atoms with Gasteiger partial charge in [0, 0.05) is 7.11 Å². The van der Waals surface area contributed by atoms with E-state index in [4.69, 9.17) is 14.0 Å². The zero-order chi connectivity index (χ0) is 13.8. The summed E-state index contributed by atoms with van der Waals surface area (Å²) in [5.74, 6) is 1.90. The van der Waals surface area contributed by atoms with Crippen LogP contribution in [0.15, 0.2) is 4.52 Å². The average molecular weight is 281 g/mol. The second-order valence-corrected chi connectivity index (χ2v) is 5.61. The van der Waals surface area contributed by atoms with Gasteiger partial charge in [-0.2, -0.15) is 4.98 Å². The summed E-state index contributed by atoms with van der Waals surface area (Å²) < 4.78 is 16.6. The van der Waals surface area contributed by atoms with Crippen LogP contribution in [0, 0.1) is 5.92 Å². The summed E-state index contributed by atoms with van der Waals surface area (Å²) in [7, 11) is 1.71. The van der Waals surface area contributed by atoms with Crippen LogP contribution in [-0.2, 0) is 15.9 Å². The van der Waals surface area contributed by atoms with Crippen molar-refractivity contribution in [1.82, 2.24) is 15.5 Å². The zero-order valence-corrected chi connectivity index (χ0v) is 12.0. The first-order chi connectivity index (χ1) is 9.86. The molecule has 0 aromatic carbocycles. The van der Waals surface area contributed by atoms with Crippen LogP contribution in [0.2, 0.25) is 0 Å². The lowest BCUT2D eigenvalue weighted by atomic mass is 10.1. The Kier molecular flexibility index (Phi) is 4.65. The predicted octanol–water partition coefficient (Wildman–Crippen LogP) is 1.48. The summed E-state index contributed by atoms with van der Waals surface area (Å²) in [6, 6.07) is 0. The molecule has 0 bridgehead atoms. The van der Waals surface area contributed by atoms with Crippen LogP contribution in [-0.4, -0.2) is 43.1 Å². The summed E-state index contributed by atoms with van der Waals surface area (Å²) in [5, 5.41) is 7.36. The molecule has 1 aliphatic heterocycles. The molecular formula is C14H23N3O3. The van der Waals surface area contributed by atoms with Gasteiger partial charge in [-0.15, -0.1) is 0 Å². The second-order valence-electron chi connectivity index (χ2n) is 5.61. The van der Waals surface area contributed by atoms with Gasteiger partial charge in [0.2, 0.25) is 11.7 Å². The molecule has 1 N–H and O–H groups in total. The highest BCUT2D eigenvalue weighted by Crippen LogP contribution is 2.41. The Hall–Kier alpha value is -0.980. The maximum absolute atomic E-state index is 5.84. The Morgan fingerprint density at radius 2 is 2.10 bits per heavy atom. The van der Waals surface area contributed by atoms with Gasteiger partial charge in [-0.1, -0.05) is 5.16 Å². The van der Waals surface area contributed by atoms with E-state index in [1.807, 2.05) is 0 Å². The molecule has 2 fully saturated rings. The fourth-order valence-corrected chi connectivity index (χ4v) is 2.67. The first kappa shape index (κ1) is 14.0. The molecule has 112 valence electrons. The van der Waals surface area contributed by atoms with Gasteiger partial charge in [-0.3, -0.25) is 0 Å². The maximum atomic E-state index is 5.84. The first-order valence-electron chi connectivity index (χ1n) is 7.54. The quantitative estimate of drug-likeness (QED) is 0.816. The highest BCUT2D eigenvalue weighted by Gasteiger charge is 2.35. The Morgan fingerprint density at radius 3 is 2.80 bits per heavy atom. The summed E-state index contributed by atoms with van der Waals surface area (Å²) in [5.41, 5.74) is 0. The third-order valence-electron chi connectivity index (χ3n) is 4.00. The molecule has 1 saturated heterocycles. The minimum atomic E-state index is -0.00200. The predicted molar refractivity (Wildman–Crippen MR) is 72.3 cm³/mol. The number of nitrogens with zero attached hydrogens (tertiary/aromatic N) is 2. The topological polar surface area (TPSA) is 69.4 Å². The van der Waals surface area contributed by atoms with E-state index in [1.54, 1.807) is 7.11 Å². The van der Waals surface area contributed by atoms with Crippen molar-refractivity contribution in [3.05, 3.63) is 11.7 Å². The molecule has 6 heteroatoms. The van der Waals surface area contributed by atoms with Crippen molar-refractivity contribution >= 4 is 0 Å². The Bertz CT molecular complexity index is 414. The van der Waals surface area contributed by atoms with Gasteiger partial charge in [0.1, 0.15) is 6.10 Å². The monoisotopic (exact) mass is 281 g/mol. The largest absolute Gasteiger partial charge is 0.378 e. The van der Waals surface area contributed by atoms with Gasteiger partial charge in [0.05, 0.1) is 19.1 Å². The third kappa shape index (κ3) is 3.56. The van der Waals surface area contributed by atoms with Gasteiger partial charge < -0.3 is 19.3 Å². The van der Waals surface area contributed by atoms with Gasteiger partial charge in [-0.05, 0) is 44.7 Å². The van der Waals surface area contributed by atoms with Crippen molar-refractivity contribution in [3.63, 3.8) is 0 Å². The summed E-state index contributed by atoms with van der Waals surface area (Å²) >= 11 is 0. The number of aromatic nitrogens is 2. The zero-order valence-electron chi connectivity index (χ0n) is 12.0. The molecule has 6 nitrogen and oxygen atoms in total. The number of methoxy groups -OCH3 is 1.